The summed E-state index contributed by atoms with van der Waals surface area (Å²) >= 11 is 9.13. The van der Waals surface area contributed by atoms with Gasteiger partial charge in [0, 0.05) is 21.7 Å². The molecular formula is C23H19ClN6OS2. The molecule has 5 rings (SSSR count). The van der Waals surface area contributed by atoms with Gasteiger partial charge in [0.15, 0.2) is 16.0 Å². The molecule has 0 aliphatic heterocycles. The molecule has 7 nitrogen and oxygen atoms in total. The first-order valence-corrected chi connectivity index (χ1v) is 12.5. The Morgan fingerprint density at radius 2 is 1.88 bits per heavy atom. The Morgan fingerprint density at radius 3 is 2.64 bits per heavy atom. The number of thioether (sulfide) groups is 1. The molecule has 0 spiro atoms. The monoisotopic (exact) mass is 494 g/mol. The Bertz CT molecular complexity index is 1380. The molecule has 5 aromatic rings. The van der Waals surface area contributed by atoms with Crippen molar-refractivity contribution >= 4 is 34.7 Å². The number of thiazole rings is 1. The van der Waals surface area contributed by atoms with E-state index in [0.29, 0.717) is 34.3 Å². The first-order chi connectivity index (χ1) is 16.1. The predicted molar refractivity (Wildman–Crippen MR) is 131 cm³/mol. The molecule has 2 aromatic carbocycles. The van der Waals surface area contributed by atoms with Gasteiger partial charge in [0.25, 0.3) is 0 Å². The summed E-state index contributed by atoms with van der Waals surface area (Å²) < 4.78 is 7.86. The van der Waals surface area contributed by atoms with Gasteiger partial charge >= 0.3 is 0 Å². The molecule has 0 aliphatic carbocycles. The molecule has 3 aromatic heterocycles. The maximum Gasteiger partial charge on any atom is 0.247 e. The average Bonchev–Trinajstić information content (AvgIpc) is 3.57. The van der Waals surface area contributed by atoms with Crippen molar-refractivity contribution in [2.75, 3.05) is 0 Å². The van der Waals surface area contributed by atoms with Crippen molar-refractivity contribution in [1.82, 2.24) is 29.9 Å². The topological polar surface area (TPSA) is 82.5 Å². The van der Waals surface area contributed by atoms with Gasteiger partial charge in [0.2, 0.25) is 11.8 Å². The Balaban J connectivity index is 1.43. The van der Waals surface area contributed by atoms with E-state index in [1.54, 1.807) is 23.5 Å². The lowest BCUT2D eigenvalue weighted by molar-refractivity contribution is 0.528. The van der Waals surface area contributed by atoms with Crippen molar-refractivity contribution in [1.29, 1.82) is 0 Å². The zero-order valence-electron chi connectivity index (χ0n) is 17.8. The van der Waals surface area contributed by atoms with E-state index in [1.165, 1.54) is 11.8 Å². The highest BCUT2D eigenvalue weighted by Crippen LogP contribution is 2.32. The average molecular weight is 495 g/mol. The quantitative estimate of drug-likeness (QED) is 0.238. The minimum Gasteiger partial charge on any atom is -0.420 e. The smallest absolute Gasteiger partial charge is 0.247 e. The van der Waals surface area contributed by atoms with E-state index in [-0.39, 0.29) is 0 Å². The van der Waals surface area contributed by atoms with E-state index < -0.39 is 0 Å². The van der Waals surface area contributed by atoms with Crippen LogP contribution < -0.4 is 0 Å². The lowest BCUT2D eigenvalue weighted by Crippen LogP contribution is -2.00. The maximum absolute atomic E-state index is 6.07. The second kappa shape index (κ2) is 9.46. The third-order valence-corrected chi connectivity index (χ3v) is 6.82. The van der Waals surface area contributed by atoms with Crippen molar-refractivity contribution in [3.63, 3.8) is 0 Å². The lowest BCUT2D eigenvalue weighted by atomic mass is 10.2. The third-order valence-electron chi connectivity index (χ3n) is 4.82. The van der Waals surface area contributed by atoms with Crippen molar-refractivity contribution in [2.45, 2.75) is 30.7 Å². The summed E-state index contributed by atoms with van der Waals surface area (Å²) in [4.78, 5) is 4.78. The van der Waals surface area contributed by atoms with Crippen molar-refractivity contribution in [3.8, 4) is 28.0 Å². The van der Waals surface area contributed by atoms with Crippen molar-refractivity contribution < 1.29 is 4.42 Å². The summed E-state index contributed by atoms with van der Waals surface area (Å²) in [5.41, 5.74) is 2.79. The summed E-state index contributed by atoms with van der Waals surface area (Å²) in [5, 5.41) is 21.5. The highest BCUT2D eigenvalue weighted by molar-refractivity contribution is 7.98. The van der Waals surface area contributed by atoms with Crippen LogP contribution in [0.3, 0.4) is 0 Å². The predicted octanol–water partition coefficient (Wildman–Crippen LogP) is 6.51. The Kier molecular flexibility index (Phi) is 6.26. The fraction of sp³-hybridized carbons (Fsp3) is 0.174. The summed E-state index contributed by atoms with van der Waals surface area (Å²) in [7, 11) is 0. The molecule has 0 radical (unpaired) electrons. The minimum absolute atomic E-state index is 0.350. The van der Waals surface area contributed by atoms with Gasteiger partial charge in [0.05, 0.1) is 11.4 Å². The first kappa shape index (κ1) is 21.8. The van der Waals surface area contributed by atoms with Gasteiger partial charge in [-0.3, -0.25) is 4.57 Å². The number of hydrogen-bond acceptors (Lipinski definition) is 8. The molecule has 0 amide bonds. The highest BCUT2D eigenvalue weighted by Gasteiger charge is 2.20. The molecule has 0 saturated heterocycles. The number of halogens is 1. The molecule has 0 N–H and O–H groups in total. The number of para-hydroxylation sites is 1. The van der Waals surface area contributed by atoms with E-state index in [1.807, 2.05) is 47.0 Å². The molecular weight excluding hydrogens is 476 g/mol. The Hall–Kier alpha value is -3.01. The fourth-order valence-corrected chi connectivity index (χ4v) is 5.07. The van der Waals surface area contributed by atoms with E-state index >= 15 is 0 Å². The first-order valence-electron chi connectivity index (χ1n) is 10.3. The summed E-state index contributed by atoms with van der Waals surface area (Å²) in [6, 6.07) is 17.3. The molecule has 0 aliphatic rings. The van der Waals surface area contributed by atoms with Crippen LogP contribution in [0.2, 0.25) is 5.02 Å². The van der Waals surface area contributed by atoms with E-state index in [2.05, 4.69) is 39.6 Å². The normalized spacial score (nSPS) is 11.4. The van der Waals surface area contributed by atoms with Crippen LogP contribution in [0.15, 0.2) is 69.6 Å². The highest BCUT2D eigenvalue weighted by atomic mass is 35.5. The number of aromatic nitrogens is 6. The van der Waals surface area contributed by atoms with Crippen LogP contribution in [-0.2, 0) is 5.75 Å². The fourth-order valence-electron chi connectivity index (χ4n) is 3.14. The maximum atomic E-state index is 6.07. The van der Waals surface area contributed by atoms with Gasteiger partial charge in [-0.1, -0.05) is 61.5 Å². The van der Waals surface area contributed by atoms with Crippen LogP contribution in [0.1, 0.15) is 31.4 Å². The largest absolute Gasteiger partial charge is 0.420 e. The molecule has 0 unspecified atom stereocenters. The number of hydrogen-bond donors (Lipinski definition) is 0. The number of benzene rings is 2. The van der Waals surface area contributed by atoms with Gasteiger partial charge in [-0.25, -0.2) is 4.98 Å². The summed E-state index contributed by atoms with van der Waals surface area (Å²) in [5.74, 6) is 2.44. The lowest BCUT2D eigenvalue weighted by Gasteiger charge is -2.08. The summed E-state index contributed by atoms with van der Waals surface area (Å²) in [6.45, 7) is 4.26. The second-order valence-corrected chi connectivity index (χ2v) is 9.75. The van der Waals surface area contributed by atoms with Crippen molar-refractivity contribution in [2.24, 2.45) is 0 Å². The summed E-state index contributed by atoms with van der Waals surface area (Å²) in [6.07, 6.45) is 0. The number of nitrogens with zero attached hydrogens (tertiary/aromatic N) is 6. The van der Waals surface area contributed by atoms with Gasteiger partial charge in [-0.2, -0.15) is 0 Å². The van der Waals surface area contributed by atoms with Crippen LogP contribution in [0.5, 0.6) is 0 Å². The van der Waals surface area contributed by atoms with Gasteiger partial charge in [0.1, 0.15) is 0 Å². The zero-order chi connectivity index (χ0) is 22.8. The molecule has 10 heteroatoms. The molecule has 0 saturated carbocycles. The Labute approximate surface area is 203 Å². The standard InChI is InChI=1S/C23H19ClN6OS2/c1-14(2)18-12-32-22(25-18)20-27-29-23(30(20)17-9-4-3-5-10-17)33-13-19-26-28-21(31-19)15-7-6-8-16(24)11-15/h3-12,14H,13H2,1-2H3. The van der Waals surface area contributed by atoms with Crippen LogP contribution in [0.4, 0.5) is 0 Å². The van der Waals surface area contributed by atoms with Gasteiger partial charge in [-0.15, -0.1) is 31.7 Å². The molecule has 0 atom stereocenters. The van der Waals surface area contributed by atoms with E-state index in [9.17, 15) is 0 Å². The molecule has 3 heterocycles. The van der Waals surface area contributed by atoms with Gasteiger partial charge in [-0.05, 0) is 36.2 Å². The SMILES string of the molecule is CC(C)c1csc(-c2nnc(SCc3nnc(-c4cccc(Cl)c4)o3)n2-c2ccccc2)n1. The molecule has 0 fully saturated rings. The van der Waals surface area contributed by atoms with E-state index in [0.717, 1.165) is 27.1 Å². The third kappa shape index (κ3) is 4.71. The Morgan fingerprint density at radius 1 is 1.03 bits per heavy atom. The molecule has 0 bridgehead atoms. The van der Waals surface area contributed by atoms with Crippen LogP contribution in [0, 0.1) is 0 Å². The minimum atomic E-state index is 0.350. The second-order valence-electron chi connectivity index (χ2n) is 7.51. The zero-order valence-corrected chi connectivity index (χ0v) is 20.2. The molecule has 166 valence electrons. The van der Waals surface area contributed by atoms with Crippen LogP contribution >= 0.6 is 34.7 Å². The molecule has 33 heavy (non-hydrogen) atoms. The van der Waals surface area contributed by atoms with E-state index in [4.69, 9.17) is 21.0 Å². The van der Waals surface area contributed by atoms with Crippen molar-refractivity contribution in [3.05, 3.63) is 76.6 Å². The van der Waals surface area contributed by atoms with Crippen LogP contribution in [0.25, 0.3) is 28.0 Å². The van der Waals surface area contributed by atoms with Crippen LogP contribution in [-0.4, -0.2) is 29.9 Å². The van der Waals surface area contributed by atoms with Gasteiger partial charge < -0.3 is 4.42 Å². The number of rotatable bonds is 7.